The van der Waals surface area contributed by atoms with Crippen LogP contribution in [0.25, 0.3) is 11.0 Å². The number of aliphatic carboxylic acids is 1. The molecule has 4 aromatic rings. The first-order chi connectivity index (χ1) is 16.4. The van der Waals surface area contributed by atoms with Crippen molar-refractivity contribution in [3.05, 3.63) is 86.1 Å². The van der Waals surface area contributed by atoms with Crippen molar-refractivity contribution in [3.8, 4) is 11.5 Å². The monoisotopic (exact) mass is 562 g/mol. The Morgan fingerprint density at radius 2 is 1.82 bits per heavy atom. The molecule has 0 saturated carbocycles. The Balaban J connectivity index is 1.55. The van der Waals surface area contributed by atoms with E-state index in [-0.39, 0.29) is 22.4 Å². The summed E-state index contributed by atoms with van der Waals surface area (Å²) in [5.74, 6) is 0.765. The van der Waals surface area contributed by atoms with Crippen LogP contribution in [0.3, 0.4) is 0 Å². The summed E-state index contributed by atoms with van der Waals surface area (Å²) in [6.07, 6.45) is 0.808. The lowest BCUT2D eigenvalue weighted by Gasteiger charge is -2.15. The van der Waals surface area contributed by atoms with Gasteiger partial charge in [0, 0.05) is 16.5 Å². The molecule has 0 aliphatic heterocycles. The zero-order valence-electron chi connectivity index (χ0n) is 18.2. The number of carboxylic acids is 1. The Labute approximate surface area is 215 Å². The number of aryl methyl sites for hydroxylation is 1. The van der Waals surface area contributed by atoms with E-state index in [2.05, 4.69) is 33.5 Å². The fourth-order valence-corrected chi connectivity index (χ4v) is 4.66. The van der Waals surface area contributed by atoms with Gasteiger partial charge < -0.3 is 19.1 Å². The fraction of sp³-hybridized carbons (Fsp3) is 0.200. The summed E-state index contributed by atoms with van der Waals surface area (Å²) in [6, 6.07) is 17.3. The van der Waals surface area contributed by atoms with Gasteiger partial charge in [-0.2, -0.15) is 0 Å². The third kappa shape index (κ3) is 5.49. The van der Waals surface area contributed by atoms with E-state index in [4.69, 9.17) is 42.8 Å². The third-order valence-electron chi connectivity index (χ3n) is 5.20. The lowest BCUT2D eigenvalue weighted by Crippen LogP contribution is -2.10. The normalized spacial score (nSPS) is 11.1. The zero-order chi connectivity index (χ0) is 24.2. The second kappa shape index (κ2) is 10.7. The van der Waals surface area contributed by atoms with Crippen LogP contribution in [0.4, 0.5) is 0 Å². The van der Waals surface area contributed by atoms with Crippen molar-refractivity contribution in [2.45, 2.75) is 26.5 Å². The first-order valence-electron chi connectivity index (χ1n) is 10.5. The van der Waals surface area contributed by atoms with Crippen LogP contribution in [0.5, 0.6) is 11.5 Å². The summed E-state index contributed by atoms with van der Waals surface area (Å²) >= 11 is 16.0. The molecule has 0 radical (unpaired) electrons. The number of carbonyl (C=O) groups is 1. The molecule has 0 aliphatic carbocycles. The van der Waals surface area contributed by atoms with E-state index in [1.54, 1.807) is 12.1 Å². The van der Waals surface area contributed by atoms with Crippen molar-refractivity contribution in [2.24, 2.45) is 0 Å². The molecule has 0 bridgehead atoms. The number of nitrogens with zero attached hydrogens (tertiary/aromatic N) is 2. The Hall–Kier alpha value is -2.74. The number of fused-ring (bicyclic) bond motifs is 1. The van der Waals surface area contributed by atoms with Gasteiger partial charge in [-0.15, -0.1) is 0 Å². The summed E-state index contributed by atoms with van der Waals surface area (Å²) in [7, 11) is 0. The topological polar surface area (TPSA) is 73.6 Å². The maximum atomic E-state index is 10.8. The Morgan fingerprint density at radius 3 is 2.53 bits per heavy atom. The lowest BCUT2D eigenvalue weighted by atomic mass is 10.2. The van der Waals surface area contributed by atoms with Crippen molar-refractivity contribution in [2.75, 3.05) is 6.61 Å². The van der Waals surface area contributed by atoms with Gasteiger partial charge in [0.1, 0.15) is 18.2 Å². The number of halogens is 3. The van der Waals surface area contributed by atoms with Crippen LogP contribution in [-0.4, -0.2) is 27.2 Å². The minimum Gasteiger partial charge on any atom is -0.489 e. The van der Waals surface area contributed by atoms with E-state index in [1.807, 2.05) is 36.4 Å². The molecule has 1 aromatic heterocycles. The lowest BCUT2D eigenvalue weighted by molar-refractivity contribution is -0.139. The molecule has 6 nitrogen and oxygen atoms in total. The first-order valence-corrected chi connectivity index (χ1v) is 12.1. The molecule has 34 heavy (non-hydrogen) atoms. The van der Waals surface area contributed by atoms with Gasteiger partial charge in [0.2, 0.25) is 0 Å². The summed E-state index contributed by atoms with van der Waals surface area (Å²) in [5.41, 5.74) is 3.75. The molecule has 0 saturated heterocycles. The van der Waals surface area contributed by atoms with Gasteiger partial charge in [-0.3, -0.25) is 0 Å². The van der Waals surface area contributed by atoms with E-state index in [0.717, 1.165) is 44.6 Å². The van der Waals surface area contributed by atoms with Gasteiger partial charge in [-0.1, -0.05) is 64.3 Å². The Bertz CT molecular complexity index is 1330. The quantitative estimate of drug-likeness (QED) is 0.243. The largest absolute Gasteiger partial charge is 0.489 e. The molecule has 0 unspecified atom stereocenters. The standard InChI is InChI=1S/C25H21BrCl2N2O4/c1-2-23-29-20-11-17(26)7-8-21(20)30(23)12-16-5-3-4-6-22(16)33-13-15-9-18(27)25(19(28)10-15)34-14-24(31)32/h3-11H,2,12-14H2,1H3,(H,31,32). The highest BCUT2D eigenvalue weighted by Crippen LogP contribution is 2.35. The van der Waals surface area contributed by atoms with Crippen LogP contribution >= 0.6 is 39.1 Å². The zero-order valence-corrected chi connectivity index (χ0v) is 21.3. The average Bonchev–Trinajstić information content (AvgIpc) is 3.14. The number of rotatable bonds is 9. The maximum Gasteiger partial charge on any atom is 0.341 e. The number of hydrogen-bond donors (Lipinski definition) is 1. The van der Waals surface area contributed by atoms with Crippen LogP contribution in [-0.2, 0) is 24.4 Å². The van der Waals surface area contributed by atoms with Crippen LogP contribution < -0.4 is 9.47 Å². The predicted octanol–water partition coefficient (Wildman–Crippen LogP) is 6.76. The number of benzene rings is 3. The van der Waals surface area contributed by atoms with E-state index in [9.17, 15) is 4.79 Å². The number of para-hydroxylation sites is 1. The summed E-state index contributed by atoms with van der Waals surface area (Å²) in [5, 5.41) is 9.26. The van der Waals surface area contributed by atoms with Gasteiger partial charge in [-0.05, 0) is 42.0 Å². The number of aromatic nitrogens is 2. The van der Waals surface area contributed by atoms with Gasteiger partial charge >= 0.3 is 5.97 Å². The molecule has 0 amide bonds. The Morgan fingerprint density at radius 1 is 1.09 bits per heavy atom. The molecule has 0 fully saturated rings. The van der Waals surface area contributed by atoms with Crippen molar-refractivity contribution >= 4 is 56.1 Å². The first kappa shape index (κ1) is 24.4. The molecule has 4 rings (SSSR count). The van der Waals surface area contributed by atoms with Gasteiger partial charge in [0.25, 0.3) is 0 Å². The van der Waals surface area contributed by atoms with Gasteiger partial charge in [0.05, 0.1) is 27.6 Å². The molecule has 9 heteroatoms. The number of imidazole rings is 1. The highest BCUT2D eigenvalue weighted by molar-refractivity contribution is 9.10. The maximum absolute atomic E-state index is 10.8. The molecule has 0 atom stereocenters. The van der Waals surface area contributed by atoms with Crippen LogP contribution in [0.2, 0.25) is 10.0 Å². The average molecular weight is 564 g/mol. The molecule has 176 valence electrons. The smallest absolute Gasteiger partial charge is 0.341 e. The molecule has 0 aliphatic rings. The van der Waals surface area contributed by atoms with E-state index >= 15 is 0 Å². The minimum absolute atomic E-state index is 0.139. The second-order valence-electron chi connectivity index (χ2n) is 7.57. The van der Waals surface area contributed by atoms with Crippen molar-refractivity contribution in [1.29, 1.82) is 0 Å². The highest BCUT2D eigenvalue weighted by Gasteiger charge is 2.15. The molecular weight excluding hydrogens is 543 g/mol. The van der Waals surface area contributed by atoms with E-state index in [0.29, 0.717) is 6.54 Å². The summed E-state index contributed by atoms with van der Waals surface area (Å²) in [4.78, 5) is 15.5. The predicted molar refractivity (Wildman–Crippen MR) is 136 cm³/mol. The fourth-order valence-electron chi connectivity index (χ4n) is 3.67. The molecular formula is C25H21BrCl2N2O4. The second-order valence-corrected chi connectivity index (χ2v) is 9.30. The summed E-state index contributed by atoms with van der Waals surface area (Å²) < 4.78 is 14.5. The third-order valence-corrected chi connectivity index (χ3v) is 6.25. The minimum atomic E-state index is -1.11. The van der Waals surface area contributed by atoms with Crippen molar-refractivity contribution < 1.29 is 19.4 Å². The number of hydrogen-bond acceptors (Lipinski definition) is 4. The summed E-state index contributed by atoms with van der Waals surface area (Å²) in [6.45, 7) is 2.41. The van der Waals surface area contributed by atoms with Crippen molar-refractivity contribution in [3.63, 3.8) is 0 Å². The van der Waals surface area contributed by atoms with E-state index in [1.165, 1.54) is 0 Å². The molecule has 1 heterocycles. The van der Waals surface area contributed by atoms with Crippen LogP contribution in [0.1, 0.15) is 23.9 Å². The van der Waals surface area contributed by atoms with Crippen LogP contribution in [0.15, 0.2) is 59.1 Å². The van der Waals surface area contributed by atoms with Gasteiger partial charge in [-0.25, -0.2) is 9.78 Å². The molecule has 3 aromatic carbocycles. The number of carboxylic acid groups (broad SMARTS) is 1. The Kier molecular flexibility index (Phi) is 7.66. The van der Waals surface area contributed by atoms with Crippen molar-refractivity contribution in [1.82, 2.24) is 9.55 Å². The molecule has 0 spiro atoms. The highest BCUT2D eigenvalue weighted by atomic mass is 79.9. The SMILES string of the molecule is CCc1nc2cc(Br)ccc2n1Cc1ccccc1OCc1cc(Cl)c(OCC(=O)O)c(Cl)c1. The van der Waals surface area contributed by atoms with E-state index < -0.39 is 12.6 Å². The number of ether oxygens (including phenoxy) is 2. The van der Waals surface area contributed by atoms with Crippen LogP contribution in [0, 0.1) is 0 Å². The van der Waals surface area contributed by atoms with Gasteiger partial charge in [0.15, 0.2) is 12.4 Å². The molecule has 1 N–H and O–H groups in total.